The van der Waals surface area contributed by atoms with Crippen molar-refractivity contribution >= 4 is 35.7 Å². The summed E-state index contributed by atoms with van der Waals surface area (Å²) in [5.74, 6) is -1.05. The van der Waals surface area contributed by atoms with Gasteiger partial charge in [0.25, 0.3) is 5.69 Å². The fourth-order valence-corrected chi connectivity index (χ4v) is 4.96. The highest BCUT2D eigenvalue weighted by molar-refractivity contribution is 6.02. The molecule has 1 heterocycles. The molecular weight excluding hydrogens is 558 g/mol. The molecule has 1 aliphatic heterocycles. The van der Waals surface area contributed by atoms with Crippen LogP contribution in [0, 0.1) is 24.0 Å². The van der Waals surface area contributed by atoms with Gasteiger partial charge in [-0.3, -0.25) is 15.0 Å². The number of likely N-dealkylation sites (N-methyl/N-ethyl adjacent to an activating group) is 1. The summed E-state index contributed by atoms with van der Waals surface area (Å²) in [5.41, 5.74) is 6.47. The molecule has 4 rings (SSSR count). The molecule has 0 fully saturated rings. The minimum atomic E-state index is -0.549. The predicted octanol–water partition coefficient (Wildman–Crippen LogP) is 5.74. The van der Waals surface area contributed by atoms with Crippen LogP contribution in [0.3, 0.4) is 0 Å². The quantitative estimate of drug-likeness (QED) is 0.181. The monoisotopic (exact) mass is 591 g/mol. The van der Waals surface area contributed by atoms with Gasteiger partial charge >= 0.3 is 11.9 Å². The first-order valence-corrected chi connectivity index (χ1v) is 13.2. The van der Waals surface area contributed by atoms with Crippen molar-refractivity contribution in [2.75, 3.05) is 27.3 Å². The molecule has 0 amide bonds. The molecule has 3 aromatic carbocycles. The number of hydrogen-bond acceptors (Lipinski definition) is 8. The molecule has 0 unspecified atom stereocenters. The highest BCUT2D eigenvalue weighted by Gasteiger charge is 2.27. The van der Waals surface area contributed by atoms with E-state index in [-0.39, 0.29) is 31.1 Å². The Morgan fingerprint density at radius 3 is 2.31 bits per heavy atom. The van der Waals surface area contributed by atoms with E-state index in [1.54, 1.807) is 18.3 Å². The second-order valence-electron chi connectivity index (χ2n) is 9.99. The lowest BCUT2D eigenvalue weighted by atomic mass is 9.90. The van der Waals surface area contributed by atoms with Crippen molar-refractivity contribution in [2.24, 2.45) is 0 Å². The van der Waals surface area contributed by atoms with Crippen LogP contribution in [-0.2, 0) is 25.6 Å². The zero-order valence-electron chi connectivity index (χ0n) is 24.0. The van der Waals surface area contributed by atoms with Gasteiger partial charge in [0.15, 0.2) is 0 Å². The Balaban J connectivity index is 0.00000484. The maximum Gasteiger partial charge on any atom is 0.336 e. The SMILES string of the molecule is COC(=O)C1=C(c2cc(C)c(-c3cccc([N+](=O)[O-])c3)c(C)c2)NC=C(C(=O)OCCN(C)Cc2ccccc2)C1.Cl. The van der Waals surface area contributed by atoms with E-state index in [4.69, 9.17) is 9.47 Å². The molecule has 0 radical (unpaired) electrons. The number of aryl methyl sites for hydroxylation is 2. The van der Waals surface area contributed by atoms with Crippen molar-refractivity contribution in [3.63, 3.8) is 0 Å². The number of hydrogen-bond donors (Lipinski definition) is 1. The van der Waals surface area contributed by atoms with E-state index in [9.17, 15) is 19.7 Å². The van der Waals surface area contributed by atoms with Gasteiger partial charge < -0.3 is 14.8 Å². The first-order valence-electron chi connectivity index (χ1n) is 13.2. The molecule has 9 nitrogen and oxygen atoms in total. The van der Waals surface area contributed by atoms with Gasteiger partial charge in [-0.1, -0.05) is 42.5 Å². The maximum atomic E-state index is 12.9. The first kappa shape index (κ1) is 32.0. The van der Waals surface area contributed by atoms with Gasteiger partial charge in [0.2, 0.25) is 0 Å². The van der Waals surface area contributed by atoms with Gasteiger partial charge in [-0.25, -0.2) is 9.59 Å². The maximum absolute atomic E-state index is 12.9. The van der Waals surface area contributed by atoms with E-state index in [1.807, 2.05) is 69.4 Å². The number of non-ortho nitro benzene ring substituents is 1. The average Bonchev–Trinajstić information content (AvgIpc) is 2.96. The average molecular weight is 592 g/mol. The van der Waals surface area contributed by atoms with E-state index in [1.165, 1.54) is 18.7 Å². The largest absolute Gasteiger partial charge is 0.466 e. The normalized spacial score (nSPS) is 12.6. The van der Waals surface area contributed by atoms with Gasteiger partial charge in [-0.15, -0.1) is 12.4 Å². The predicted molar refractivity (Wildman–Crippen MR) is 164 cm³/mol. The Morgan fingerprint density at radius 1 is 0.976 bits per heavy atom. The molecule has 0 saturated carbocycles. The minimum Gasteiger partial charge on any atom is -0.466 e. The van der Waals surface area contributed by atoms with Gasteiger partial charge in [0.05, 0.1) is 28.9 Å². The van der Waals surface area contributed by atoms with E-state index in [0.717, 1.165) is 34.4 Å². The highest BCUT2D eigenvalue weighted by atomic mass is 35.5. The van der Waals surface area contributed by atoms with E-state index >= 15 is 0 Å². The molecule has 0 aromatic heterocycles. The van der Waals surface area contributed by atoms with Gasteiger partial charge in [-0.05, 0) is 66.4 Å². The van der Waals surface area contributed by atoms with Crippen LogP contribution < -0.4 is 5.32 Å². The van der Waals surface area contributed by atoms with Crippen molar-refractivity contribution < 1.29 is 24.0 Å². The molecule has 42 heavy (non-hydrogen) atoms. The van der Waals surface area contributed by atoms with E-state index in [0.29, 0.717) is 23.4 Å². The fraction of sp³-hybridized carbons (Fsp3) is 0.250. The third kappa shape index (κ3) is 7.63. The van der Waals surface area contributed by atoms with Crippen LogP contribution in [0.2, 0.25) is 0 Å². The molecule has 0 spiro atoms. The van der Waals surface area contributed by atoms with Crippen LogP contribution in [-0.4, -0.2) is 49.1 Å². The topological polar surface area (TPSA) is 111 Å². The Bertz CT molecular complexity index is 1510. The van der Waals surface area contributed by atoms with Crippen molar-refractivity contribution in [1.82, 2.24) is 10.2 Å². The summed E-state index contributed by atoms with van der Waals surface area (Å²) < 4.78 is 10.6. The van der Waals surface area contributed by atoms with Crippen molar-refractivity contribution in [3.05, 3.63) is 116 Å². The molecule has 0 bridgehead atoms. The molecule has 220 valence electrons. The van der Waals surface area contributed by atoms with Gasteiger partial charge in [0, 0.05) is 37.8 Å². The number of halogens is 1. The van der Waals surface area contributed by atoms with Crippen LogP contribution in [0.1, 0.15) is 28.7 Å². The number of benzene rings is 3. The zero-order valence-corrected chi connectivity index (χ0v) is 24.8. The molecule has 1 N–H and O–H groups in total. The molecule has 1 aliphatic rings. The molecule has 0 saturated heterocycles. The number of carbonyl (C=O) groups excluding carboxylic acids is 2. The second-order valence-corrected chi connectivity index (χ2v) is 9.99. The Kier molecular flexibility index (Phi) is 11.0. The highest BCUT2D eigenvalue weighted by Crippen LogP contribution is 2.34. The van der Waals surface area contributed by atoms with Crippen molar-refractivity contribution in [1.29, 1.82) is 0 Å². The van der Waals surface area contributed by atoms with Crippen LogP contribution in [0.15, 0.2) is 84.1 Å². The summed E-state index contributed by atoms with van der Waals surface area (Å²) in [4.78, 5) is 38.6. The summed E-state index contributed by atoms with van der Waals surface area (Å²) in [7, 11) is 3.26. The van der Waals surface area contributed by atoms with E-state index in [2.05, 4.69) is 10.2 Å². The smallest absolute Gasteiger partial charge is 0.336 e. The number of carbonyl (C=O) groups is 2. The summed E-state index contributed by atoms with van der Waals surface area (Å²) in [6.07, 6.45) is 1.62. The number of ether oxygens (including phenoxy) is 2. The first-order chi connectivity index (χ1) is 19.7. The molecular formula is C32H34ClN3O6. The van der Waals surface area contributed by atoms with Crippen molar-refractivity contribution in [2.45, 2.75) is 26.8 Å². The van der Waals surface area contributed by atoms with Crippen LogP contribution in [0.4, 0.5) is 5.69 Å². The van der Waals surface area contributed by atoms with Gasteiger partial charge in [-0.2, -0.15) is 0 Å². The summed E-state index contributed by atoms with van der Waals surface area (Å²) in [6.45, 7) is 5.33. The third-order valence-electron chi connectivity index (χ3n) is 6.92. The standard InChI is InChI=1S/C32H33N3O6.ClH/c1-21-15-25(16-22(2)29(21)24-11-8-12-27(17-24)35(38)39)30-28(32(37)40-4)18-26(19-33-30)31(36)41-14-13-34(3)20-23-9-6-5-7-10-23;/h5-12,15-17,19,33H,13-14,18,20H2,1-4H3;1H. The zero-order chi connectivity index (χ0) is 29.5. The molecule has 0 atom stereocenters. The molecule has 3 aromatic rings. The summed E-state index contributed by atoms with van der Waals surface area (Å²) in [6, 6.07) is 20.4. The van der Waals surface area contributed by atoms with Crippen LogP contribution in [0.5, 0.6) is 0 Å². The number of rotatable bonds is 10. The number of nitro groups is 1. The lowest BCUT2D eigenvalue weighted by Gasteiger charge is -2.22. The Labute approximate surface area is 251 Å². The minimum absolute atomic E-state index is 0. The molecule has 10 heteroatoms. The number of nitro benzene ring substituents is 1. The number of nitrogens with one attached hydrogen (secondary N) is 1. The number of esters is 2. The number of nitrogens with zero attached hydrogens (tertiary/aromatic N) is 2. The van der Waals surface area contributed by atoms with Gasteiger partial charge in [0.1, 0.15) is 6.61 Å². The molecule has 0 aliphatic carbocycles. The van der Waals surface area contributed by atoms with E-state index < -0.39 is 16.9 Å². The lowest BCUT2D eigenvalue weighted by molar-refractivity contribution is -0.384. The summed E-state index contributed by atoms with van der Waals surface area (Å²) in [5, 5.41) is 14.4. The summed E-state index contributed by atoms with van der Waals surface area (Å²) >= 11 is 0. The number of dihydropyridines is 1. The third-order valence-corrected chi connectivity index (χ3v) is 6.92. The lowest BCUT2D eigenvalue weighted by Crippen LogP contribution is -2.26. The second kappa shape index (κ2) is 14.4. The number of methoxy groups -OCH3 is 1. The van der Waals surface area contributed by atoms with Crippen molar-refractivity contribution in [3.8, 4) is 11.1 Å². The Morgan fingerprint density at radius 2 is 1.67 bits per heavy atom. The van der Waals surface area contributed by atoms with Crippen LogP contribution in [0.25, 0.3) is 16.8 Å². The van der Waals surface area contributed by atoms with Crippen LogP contribution >= 0.6 is 12.4 Å². The Hall–Kier alpha value is -4.47. The fourth-order valence-electron chi connectivity index (χ4n) is 4.96.